The number of phenols is 1. The molecule has 14 heteroatoms. The molecule has 7 aliphatic rings. The first kappa shape index (κ1) is 42.3. The fraction of sp³-hybridized carbons (Fsp3) is 0.638. The van der Waals surface area contributed by atoms with Crippen LogP contribution < -0.4 is 10.1 Å². The molecule has 6 aliphatic carbocycles. The average molecular weight is 841 g/mol. The lowest BCUT2D eigenvalue weighted by Gasteiger charge is -2.54. The SMILES string of the molecule is CN(C)C1C(=O)C(C(=O)NCN2CCN(CCOc3ccc4c(c3)CCC3C4CCC4(C)C(O)CCC34)CC2)C(=O)C2C(=O)C3C(=O)c4c(O)cccc4C(C)(O)C3C(O)C21. The molecule has 328 valence electrons. The summed E-state index contributed by atoms with van der Waals surface area (Å²) in [6, 6.07) is 9.53. The van der Waals surface area contributed by atoms with E-state index in [1.54, 1.807) is 14.1 Å². The van der Waals surface area contributed by atoms with Crippen LogP contribution in [0.15, 0.2) is 36.4 Å². The maximum atomic E-state index is 14.3. The Hall–Kier alpha value is -4.05. The molecule has 2 aromatic rings. The number of amides is 1. The van der Waals surface area contributed by atoms with E-state index >= 15 is 0 Å². The molecule has 2 aromatic carbocycles. The Bertz CT molecular complexity index is 2130. The zero-order valence-corrected chi connectivity index (χ0v) is 35.6. The van der Waals surface area contributed by atoms with Gasteiger partial charge in [0.1, 0.15) is 18.1 Å². The second kappa shape index (κ2) is 15.6. The number of likely N-dealkylation sites (N-methyl/N-ethyl adjacent to an activating group) is 1. The Kier molecular flexibility index (Phi) is 10.8. The molecule has 0 spiro atoms. The van der Waals surface area contributed by atoms with E-state index in [9.17, 15) is 44.4 Å². The summed E-state index contributed by atoms with van der Waals surface area (Å²) in [5.74, 6) is -9.83. The number of hydrogen-bond donors (Lipinski definition) is 5. The van der Waals surface area contributed by atoms with Crippen molar-refractivity contribution < 1.29 is 49.1 Å². The first-order chi connectivity index (χ1) is 29.0. The van der Waals surface area contributed by atoms with Gasteiger partial charge < -0.3 is 30.5 Å². The highest BCUT2D eigenvalue weighted by molar-refractivity contribution is 6.29. The number of aliphatic hydroxyl groups excluding tert-OH is 2. The molecule has 0 radical (unpaired) electrons. The minimum atomic E-state index is -1.96. The predicted molar refractivity (Wildman–Crippen MR) is 222 cm³/mol. The molecule has 5 fully saturated rings. The predicted octanol–water partition coefficient (Wildman–Crippen LogP) is 1.89. The largest absolute Gasteiger partial charge is 0.507 e. The van der Waals surface area contributed by atoms with Crippen LogP contribution in [0.3, 0.4) is 0 Å². The lowest BCUT2D eigenvalue weighted by Crippen LogP contribution is -2.71. The molecule has 0 aromatic heterocycles. The number of hydrogen-bond acceptors (Lipinski definition) is 13. The number of carbonyl (C=O) groups is 5. The van der Waals surface area contributed by atoms with E-state index in [1.807, 2.05) is 4.90 Å². The van der Waals surface area contributed by atoms with Crippen LogP contribution in [0.4, 0.5) is 0 Å². The van der Waals surface area contributed by atoms with Crippen molar-refractivity contribution in [2.75, 3.05) is 60.1 Å². The number of fused-ring (bicyclic) bond motifs is 8. The summed E-state index contributed by atoms with van der Waals surface area (Å²) in [5, 5.41) is 47.8. The molecule has 61 heavy (non-hydrogen) atoms. The molecular formula is C47H60N4O10. The Morgan fingerprint density at radius 3 is 2.39 bits per heavy atom. The Balaban J connectivity index is 0.790. The quantitative estimate of drug-likeness (QED) is 0.242. The summed E-state index contributed by atoms with van der Waals surface area (Å²) in [4.78, 5) is 76.0. The Morgan fingerprint density at radius 2 is 1.66 bits per heavy atom. The van der Waals surface area contributed by atoms with Crippen molar-refractivity contribution in [2.45, 2.75) is 82.1 Å². The third kappa shape index (κ3) is 6.70. The molecule has 13 unspecified atom stereocenters. The highest BCUT2D eigenvalue weighted by atomic mass is 16.5. The van der Waals surface area contributed by atoms with Crippen LogP contribution in [0.2, 0.25) is 0 Å². The molecule has 4 saturated carbocycles. The van der Waals surface area contributed by atoms with Crippen molar-refractivity contribution >= 4 is 29.0 Å². The third-order valence-corrected chi connectivity index (χ3v) is 16.5. The van der Waals surface area contributed by atoms with Crippen LogP contribution in [0, 0.1) is 46.8 Å². The maximum Gasteiger partial charge on any atom is 0.239 e. The van der Waals surface area contributed by atoms with Gasteiger partial charge in [0.15, 0.2) is 29.1 Å². The fourth-order valence-corrected chi connectivity index (χ4v) is 13.3. The van der Waals surface area contributed by atoms with E-state index in [1.165, 1.54) is 47.6 Å². The van der Waals surface area contributed by atoms with E-state index in [4.69, 9.17) is 4.74 Å². The number of rotatable bonds is 8. The Morgan fingerprint density at radius 1 is 0.918 bits per heavy atom. The summed E-state index contributed by atoms with van der Waals surface area (Å²) in [6.07, 6.45) is 4.70. The van der Waals surface area contributed by atoms with Gasteiger partial charge in [-0.1, -0.05) is 25.1 Å². The van der Waals surface area contributed by atoms with Crippen molar-refractivity contribution in [3.8, 4) is 11.5 Å². The Labute approximate surface area is 356 Å². The number of benzene rings is 2. The van der Waals surface area contributed by atoms with E-state index in [0.717, 1.165) is 57.5 Å². The number of ketones is 4. The van der Waals surface area contributed by atoms with Gasteiger partial charge in [0.25, 0.3) is 0 Å². The number of carbonyl (C=O) groups excluding carboxylic acids is 5. The zero-order chi connectivity index (χ0) is 43.3. The van der Waals surface area contributed by atoms with Gasteiger partial charge in [0.2, 0.25) is 5.91 Å². The second-order valence-electron chi connectivity index (χ2n) is 19.7. The van der Waals surface area contributed by atoms with Crippen molar-refractivity contribution in [1.29, 1.82) is 0 Å². The number of nitrogens with one attached hydrogen (secondary N) is 1. The monoisotopic (exact) mass is 840 g/mol. The average Bonchev–Trinajstić information content (AvgIpc) is 3.53. The normalized spacial score (nSPS) is 38.5. The van der Waals surface area contributed by atoms with Gasteiger partial charge in [-0.05, 0) is 118 Å². The summed E-state index contributed by atoms with van der Waals surface area (Å²) < 4.78 is 6.25. The molecule has 1 aliphatic heterocycles. The summed E-state index contributed by atoms with van der Waals surface area (Å²) in [6.45, 7) is 7.70. The molecule has 14 nitrogen and oxygen atoms in total. The number of aryl methyl sites for hydroxylation is 1. The van der Waals surface area contributed by atoms with E-state index in [0.29, 0.717) is 37.5 Å². The van der Waals surface area contributed by atoms with Gasteiger partial charge in [-0.2, -0.15) is 0 Å². The minimum absolute atomic E-state index is 0.0486. The van der Waals surface area contributed by atoms with Gasteiger partial charge in [0, 0.05) is 44.6 Å². The van der Waals surface area contributed by atoms with Crippen LogP contribution in [-0.2, 0) is 31.2 Å². The maximum absolute atomic E-state index is 14.3. The molecule has 5 N–H and O–H groups in total. The van der Waals surface area contributed by atoms with Crippen molar-refractivity contribution in [3.05, 3.63) is 58.7 Å². The van der Waals surface area contributed by atoms with E-state index < -0.39 is 82.1 Å². The van der Waals surface area contributed by atoms with Gasteiger partial charge in [0.05, 0.1) is 47.9 Å². The fourth-order valence-electron chi connectivity index (χ4n) is 13.3. The standard InChI is InChI=1S/C47H60N4O10/c1-46-15-14-27-26-11-9-25(22-24(26)8-10-28(27)29(46)12-13-32(46)53)61-21-20-50-16-18-51(19-17-50)23-48-45(59)37-42(56)35-34(39(44(37)58)49(3)4)43(57)38-36(41(35)55)40(54)33-30(47(38,2)60)6-5-7-31(33)52/h5-7,9,11,22,27-29,32,34-39,43,52-53,57,60H,8,10,12-21,23H2,1-4H3,(H,48,59). The number of aliphatic hydroxyl groups is 3. The van der Waals surface area contributed by atoms with Gasteiger partial charge >= 0.3 is 0 Å². The van der Waals surface area contributed by atoms with Crippen LogP contribution in [0.1, 0.15) is 78.9 Å². The number of Topliss-reactive ketones (excluding diaryl/α,β-unsaturated/α-hetero) is 4. The van der Waals surface area contributed by atoms with Crippen LogP contribution in [-0.4, -0.2) is 143 Å². The summed E-state index contributed by atoms with van der Waals surface area (Å²) >= 11 is 0. The smallest absolute Gasteiger partial charge is 0.239 e. The van der Waals surface area contributed by atoms with Crippen LogP contribution in [0.5, 0.6) is 11.5 Å². The highest BCUT2D eigenvalue weighted by Crippen LogP contribution is 2.61. The first-order valence-electron chi connectivity index (χ1n) is 22.3. The topological polar surface area (TPSA) is 197 Å². The summed E-state index contributed by atoms with van der Waals surface area (Å²) in [5.41, 5.74) is 0.764. The van der Waals surface area contributed by atoms with Crippen molar-refractivity contribution in [1.82, 2.24) is 20.0 Å². The van der Waals surface area contributed by atoms with Gasteiger partial charge in [-0.3, -0.25) is 38.7 Å². The molecule has 1 saturated heterocycles. The number of phenolic OH excluding ortho intramolecular Hbond substituents is 1. The molecule has 13 atom stereocenters. The van der Waals surface area contributed by atoms with Crippen LogP contribution >= 0.6 is 0 Å². The number of piperazine rings is 1. The van der Waals surface area contributed by atoms with Crippen molar-refractivity contribution in [2.24, 2.45) is 46.8 Å². The van der Waals surface area contributed by atoms with E-state index in [2.05, 4.69) is 35.3 Å². The first-order valence-corrected chi connectivity index (χ1v) is 22.3. The molecule has 1 amide bonds. The lowest BCUT2D eigenvalue weighted by molar-refractivity contribution is -0.181. The molecular weight excluding hydrogens is 781 g/mol. The van der Waals surface area contributed by atoms with E-state index in [-0.39, 0.29) is 29.3 Å². The second-order valence-corrected chi connectivity index (χ2v) is 19.7. The zero-order valence-electron chi connectivity index (χ0n) is 35.6. The highest BCUT2D eigenvalue weighted by Gasteiger charge is 2.68. The van der Waals surface area contributed by atoms with Crippen molar-refractivity contribution in [3.63, 3.8) is 0 Å². The van der Waals surface area contributed by atoms with Crippen LogP contribution in [0.25, 0.3) is 0 Å². The summed E-state index contributed by atoms with van der Waals surface area (Å²) in [7, 11) is 3.12. The number of ether oxygens (including phenoxy) is 1. The molecule has 0 bridgehead atoms. The molecule has 9 rings (SSSR count). The lowest BCUT2D eigenvalue weighted by atomic mass is 9.50. The number of aromatic hydroxyl groups is 1. The minimum Gasteiger partial charge on any atom is -0.507 e. The molecule has 1 heterocycles. The van der Waals surface area contributed by atoms with Gasteiger partial charge in [-0.25, -0.2) is 0 Å². The van der Waals surface area contributed by atoms with Gasteiger partial charge in [-0.15, -0.1) is 0 Å². The number of nitrogens with zero attached hydrogens (tertiary/aromatic N) is 3. The third-order valence-electron chi connectivity index (χ3n) is 16.5.